The molecule has 0 bridgehead atoms. The molecule has 1 aromatic carbocycles. The number of hydrogen-bond acceptors (Lipinski definition) is 6. The summed E-state index contributed by atoms with van der Waals surface area (Å²) in [4.78, 5) is -0.171. The van der Waals surface area contributed by atoms with Crippen molar-refractivity contribution in [2.75, 3.05) is 11.7 Å². The molecule has 92 valence electrons. The Bertz CT molecular complexity index is 667. The van der Waals surface area contributed by atoms with Crippen molar-refractivity contribution < 1.29 is 12.8 Å². The highest BCUT2D eigenvalue weighted by Crippen LogP contribution is 2.18. The van der Waals surface area contributed by atoms with Crippen molar-refractivity contribution in [3.05, 3.63) is 24.0 Å². The van der Waals surface area contributed by atoms with Crippen LogP contribution in [0.2, 0.25) is 0 Å². The molecule has 18 heavy (non-hydrogen) atoms. The van der Waals surface area contributed by atoms with Crippen LogP contribution in [0, 0.1) is 28.5 Å². The Morgan fingerprint density at radius 3 is 2.44 bits per heavy atom. The first kappa shape index (κ1) is 13.6. The Kier molecular flexibility index (Phi) is 3.97. The molecule has 0 aliphatic carbocycles. The molecule has 0 aliphatic rings. The summed E-state index contributed by atoms with van der Waals surface area (Å²) in [5.74, 6) is -0.850. The molecular formula is C10H7FN4O2S. The molecule has 0 fully saturated rings. The van der Waals surface area contributed by atoms with E-state index < -0.39 is 21.4 Å². The number of rotatable bonds is 3. The highest BCUT2D eigenvalue weighted by molar-refractivity contribution is 7.90. The van der Waals surface area contributed by atoms with Crippen LogP contribution in [0.15, 0.2) is 28.2 Å². The molecule has 0 radical (unpaired) electrons. The van der Waals surface area contributed by atoms with E-state index in [9.17, 15) is 12.8 Å². The fraction of sp³-hybridized carbons (Fsp3) is 0.100. The van der Waals surface area contributed by atoms with Gasteiger partial charge in [0.05, 0.1) is 10.6 Å². The maximum absolute atomic E-state index is 13.5. The van der Waals surface area contributed by atoms with Gasteiger partial charge >= 0.3 is 0 Å². The van der Waals surface area contributed by atoms with Gasteiger partial charge in [0.2, 0.25) is 5.71 Å². The Balaban J connectivity index is 3.06. The molecule has 0 aromatic heterocycles. The largest absolute Gasteiger partial charge is 0.274 e. The van der Waals surface area contributed by atoms with Crippen molar-refractivity contribution in [1.29, 1.82) is 10.5 Å². The van der Waals surface area contributed by atoms with Crippen LogP contribution in [-0.2, 0) is 9.84 Å². The average Bonchev–Trinajstić information content (AvgIpc) is 2.30. The van der Waals surface area contributed by atoms with Gasteiger partial charge in [-0.25, -0.2) is 12.8 Å². The Hall–Kier alpha value is -2.45. The third kappa shape index (κ3) is 3.27. The van der Waals surface area contributed by atoms with Crippen molar-refractivity contribution in [2.45, 2.75) is 4.90 Å². The lowest BCUT2D eigenvalue weighted by molar-refractivity contribution is 0.596. The van der Waals surface area contributed by atoms with E-state index >= 15 is 0 Å². The van der Waals surface area contributed by atoms with Crippen molar-refractivity contribution in [3.63, 3.8) is 0 Å². The van der Waals surface area contributed by atoms with Gasteiger partial charge in [0.25, 0.3) is 0 Å². The van der Waals surface area contributed by atoms with Gasteiger partial charge in [0.15, 0.2) is 9.84 Å². The number of nitriles is 2. The minimum atomic E-state index is -3.49. The topological polar surface area (TPSA) is 106 Å². The predicted octanol–water partition coefficient (Wildman–Crippen LogP) is 1.04. The fourth-order valence-corrected chi connectivity index (χ4v) is 1.64. The van der Waals surface area contributed by atoms with Crippen LogP contribution in [0.5, 0.6) is 0 Å². The molecule has 0 amide bonds. The molecule has 0 saturated carbocycles. The maximum Gasteiger partial charge on any atom is 0.237 e. The number of anilines is 1. The zero-order valence-electron chi connectivity index (χ0n) is 9.18. The lowest BCUT2D eigenvalue weighted by Crippen LogP contribution is -2.01. The van der Waals surface area contributed by atoms with E-state index in [1.807, 2.05) is 0 Å². The molecule has 0 atom stereocenters. The second-order valence-corrected chi connectivity index (χ2v) is 5.23. The minimum absolute atomic E-state index is 0.134. The summed E-state index contributed by atoms with van der Waals surface area (Å²) in [5, 5.41) is 20.2. The summed E-state index contributed by atoms with van der Waals surface area (Å²) in [6.45, 7) is 0. The quantitative estimate of drug-likeness (QED) is 0.650. The minimum Gasteiger partial charge on any atom is -0.274 e. The van der Waals surface area contributed by atoms with Crippen LogP contribution >= 0.6 is 0 Å². The highest BCUT2D eigenvalue weighted by Gasteiger charge is 2.10. The number of sulfone groups is 1. The lowest BCUT2D eigenvalue weighted by atomic mass is 10.3. The molecule has 0 saturated heterocycles. The van der Waals surface area contributed by atoms with Gasteiger partial charge in [-0.1, -0.05) is 0 Å². The van der Waals surface area contributed by atoms with Crippen LogP contribution < -0.4 is 5.43 Å². The van der Waals surface area contributed by atoms with Crippen LogP contribution in [0.4, 0.5) is 10.1 Å². The monoisotopic (exact) mass is 266 g/mol. The third-order valence-corrected chi connectivity index (χ3v) is 2.98. The summed E-state index contributed by atoms with van der Waals surface area (Å²) in [6.07, 6.45) is 0.955. The molecule has 1 aromatic rings. The zero-order valence-corrected chi connectivity index (χ0v) is 9.99. The van der Waals surface area contributed by atoms with E-state index in [1.54, 1.807) is 0 Å². The summed E-state index contributed by atoms with van der Waals surface area (Å²) in [5.41, 5.74) is 1.56. The van der Waals surface area contributed by atoms with Gasteiger partial charge in [0, 0.05) is 6.26 Å². The first-order valence-corrected chi connectivity index (χ1v) is 6.41. The number of halogens is 1. The van der Waals surface area contributed by atoms with E-state index in [4.69, 9.17) is 10.5 Å². The zero-order chi connectivity index (χ0) is 13.8. The maximum atomic E-state index is 13.5. The summed E-state index contributed by atoms with van der Waals surface area (Å²) >= 11 is 0. The molecular weight excluding hydrogens is 259 g/mol. The van der Waals surface area contributed by atoms with Gasteiger partial charge in [-0.05, 0) is 18.2 Å². The Labute approximate surface area is 103 Å². The summed E-state index contributed by atoms with van der Waals surface area (Å²) in [7, 11) is -3.49. The predicted molar refractivity (Wildman–Crippen MR) is 61.8 cm³/mol. The number of hydrazone groups is 1. The van der Waals surface area contributed by atoms with E-state index in [2.05, 4.69) is 10.5 Å². The van der Waals surface area contributed by atoms with Crippen LogP contribution in [0.25, 0.3) is 0 Å². The molecule has 0 heterocycles. The molecule has 0 spiro atoms. The van der Waals surface area contributed by atoms with Gasteiger partial charge in [-0.15, -0.1) is 0 Å². The number of hydrogen-bond donors (Lipinski definition) is 1. The smallest absolute Gasteiger partial charge is 0.237 e. The van der Waals surface area contributed by atoms with Crippen molar-refractivity contribution >= 4 is 21.2 Å². The standard InChI is InChI=1S/C10H7FN4O2S/c1-18(16,17)8-2-3-10(9(11)4-8)15-14-7(5-12)6-13/h2-4,15H,1H3. The molecule has 8 heteroatoms. The molecule has 0 unspecified atom stereocenters. The van der Waals surface area contributed by atoms with Gasteiger partial charge in [0.1, 0.15) is 18.0 Å². The Morgan fingerprint density at radius 2 is 2.00 bits per heavy atom. The van der Waals surface area contributed by atoms with E-state index in [0.717, 1.165) is 18.4 Å². The molecule has 0 aliphatic heterocycles. The van der Waals surface area contributed by atoms with Crippen LogP contribution in [-0.4, -0.2) is 20.4 Å². The SMILES string of the molecule is CS(=O)(=O)c1ccc(NN=C(C#N)C#N)c(F)c1. The van der Waals surface area contributed by atoms with Crippen LogP contribution in [0.1, 0.15) is 0 Å². The lowest BCUT2D eigenvalue weighted by Gasteiger charge is -2.03. The third-order valence-electron chi connectivity index (χ3n) is 1.87. The Morgan fingerprint density at radius 1 is 1.39 bits per heavy atom. The van der Waals surface area contributed by atoms with E-state index in [0.29, 0.717) is 0 Å². The number of benzene rings is 1. The van der Waals surface area contributed by atoms with Crippen LogP contribution in [0.3, 0.4) is 0 Å². The van der Waals surface area contributed by atoms with Crippen molar-refractivity contribution in [2.24, 2.45) is 5.10 Å². The number of nitrogens with zero attached hydrogens (tertiary/aromatic N) is 3. The van der Waals surface area contributed by atoms with Gasteiger partial charge in [-0.3, -0.25) is 5.43 Å². The number of nitrogens with one attached hydrogen (secondary N) is 1. The summed E-state index contributed by atoms with van der Waals surface area (Å²) in [6, 6.07) is 6.14. The average molecular weight is 266 g/mol. The van der Waals surface area contributed by atoms with Gasteiger partial charge < -0.3 is 0 Å². The summed E-state index contributed by atoms with van der Waals surface area (Å²) < 4.78 is 35.8. The van der Waals surface area contributed by atoms with E-state index in [-0.39, 0.29) is 10.6 Å². The second-order valence-electron chi connectivity index (χ2n) is 3.21. The van der Waals surface area contributed by atoms with Crippen molar-refractivity contribution in [1.82, 2.24) is 0 Å². The first-order valence-electron chi connectivity index (χ1n) is 4.52. The van der Waals surface area contributed by atoms with Gasteiger partial charge in [-0.2, -0.15) is 15.6 Å². The first-order chi connectivity index (χ1) is 8.38. The van der Waals surface area contributed by atoms with Crippen molar-refractivity contribution in [3.8, 4) is 12.1 Å². The molecule has 1 rings (SSSR count). The normalized spacial score (nSPS) is 10.0. The highest BCUT2D eigenvalue weighted by atomic mass is 32.2. The van der Waals surface area contributed by atoms with E-state index in [1.165, 1.54) is 18.2 Å². The fourth-order valence-electron chi connectivity index (χ4n) is 1.01. The molecule has 6 nitrogen and oxygen atoms in total. The molecule has 1 N–H and O–H groups in total. The second kappa shape index (κ2) is 5.25.